The van der Waals surface area contributed by atoms with Gasteiger partial charge in [-0.05, 0) is 39.7 Å². The first kappa shape index (κ1) is 13.9. The topological polar surface area (TPSA) is 56.7 Å². The molecule has 6 heteroatoms. The van der Waals surface area contributed by atoms with E-state index < -0.39 is 6.04 Å². The van der Waals surface area contributed by atoms with Crippen molar-refractivity contribution in [3.63, 3.8) is 0 Å². The standard InChI is InChI=1S/C15H12BrFN4/c16-14-11(7-4-8-12(14)17)15(18)13-9-19-20-21(13)10-5-2-1-3-6-10/h1-9,15H,18H2. The van der Waals surface area contributed by atoms with Gasteiger partial charge in [-0.3, -0.25) is 0 Å². The summed E-state index contributed by atoms with van der Waals surface area (Å²) in [5.74, 6) is -0.346. The molecule has 4 nitrogen and oxygen atoms in total. The normalized spacial score (nSPS) is 12.3. The lowest BCUT2D eigenvalue weighted by Gasteiger charge is -2.15. The highest BCUT2D eigenvalue weighted by molar-refractivity contribution is 9.10. The van der Waals surface area contributed by atoms with Crippen molar-refractivity contribution < 1.29 is 4.39 Å². The van der Waals surface area contributed by atoms with Crippen LogP contribution in [0.2, 0.25) is 0 Å². The van der Waals surface area contributed by atoms with Gasteiger partial charge in [-0.1, -0.05) is 35.5 Å². The zero-order valence-corrected chi connectivity index (χ0v) is 12.5. The Morgan fingerprint density at radius 2 is 1.86 bits per heavy atom. The fraction of sp³-hybridized carbons (Fsp3) is 0.0667. The Kier molecular flexibility index (Phi) is 3.81. The number of halogens is 2. The quantitative estimate of drug-likeness (QED) is 0.792. The van der Waals surface area contributed by atoms with Crippen LogP contribution >= 0.6 is 15.9 Å². The molecule has 0 bridgehead atoms. The molecule has 106 valence electrons. The Hall–Kier alpha value is -2.05. The molecule has 0 radical (unpaired) electrons. The summed E-state index contributed by atoms with van der Waals surface area (Å²) in [5, 5.41) is 7.98. The molecule has 0 saturated carbocycles. The van der Waals surface area contributed by atoms with Gasteiger partial charge in [-0.15, -0.1) is 5.10 Å². The van der Waals surface area contributed by atoms with Gasteiger partial charge < -0.3 is 5.73 Å². The van der Waals surface area contributed by atoms with Crippen LogP contribution < -0.4 is 5.73 Å². The van der Waals surface area contributed by atoms with Crippen molar-refractivity contribution in [1.82, 2.24) is 15.0 Å². The molecule has 0 spiro atoms. The first-order chi connectivity index (χ1) is 10.2. The van der Waals surface area contributed by atoms with E-state index in [0.717, 1.165) is 5.69 Å². The van der Waals surface area contributed by atoms with Crippen LogP contribution in [0.3, 0.4) is 0 Å². The monoisotopic (exact) mass is 346 g/mol. The molecule has 2 aromatic carbocycles. The number of rotatable bonds is 3. The first-order valence-electron chi connectivity index (χ1n) is 6.34. The van der Waals surface area contributed by atoms with Crippen molar-refractivity contribution in [2.75, 3.05) is 0 Å². The lowest BCUT2D eigenvalue weighted by atomic mass is 10.0. The summed E-state index contributed by atoms with van der Waals surface area (Å²) in [7, 11) is 0. The SMILES string of the molecule is NC(c1cccc(F)c1Br)c1cnnn1-c1ccccc1. The smallest absolute Gasteiger partial charge is 0.137 e. The van der Waals surface area contributed by atoms with Crippen LogP contribution in [0.4, 0.5) is 4.39 Å². The van der Waals surface area contributed by atoms with E-state index in [1.807, 2.05) is 30.3 Å². The second-order valence-electron chi connectivity index (χ2n) is 4.53. The number of hydrogen-bond donors (Lipinski definition) is 1. The van der Waals surface area contributed by atoms with E-state index in [1.165, 1.54) is 6.07 Å². The van der Waals surface area contributed by atoms with Gasteiger partial charge in [0.2, 0.25) is 0 Å². The molecule has 0 aliphatic rings. The Balaban J connectivity index is 2.06. The molecule has 0 aliphatic carbocycles. The number of nitrogens with two attached hydrogens (primary N) is 1. The number of aromatic nitrogens is 3. The van der Waals surface area contributed by atoms with Crippen molar-refractivity contribution in [1.29, 1.82) is 0 Å². The maximum Gasteiger partial charge on any atom is 0.137 e. The fourth-order valence-corrected chi connectivity index (χ4v) is 2.66. The van der Waals surface area contributed by atoms with E-state index in [9.17, 15) is 4.39 Å². The van der Waals surface area contributed by atoms with Gasteiger partial charge in [-0.25, -0.2) is 9.07 Å². The molecule has 1 atom stereocenters. The average Bonchev–Trinajstić information content (AvgIpc) is 3.00. The zero-order valence-electron chi connectivity index (χ0n) is 10.9. The third kappa shape index (κ3) is 2.59. The summed E-state index contributed by atoms with van der Waals surface area (Å²) < 4.78 is 15.7. The molecule has 0 aliphatic heterocycles. The molecule has 3 aromatic rings. The van der Waals surface area contributed by atoms with Crippen LogP contribution in [0, 0.1) is 5.82 Å². The number of nitrogens with zero attached hydrogens (tertiary/aromatic N) is 3. The minimum absolute atomic E-state index is 0.346. The minimum Gasteiger partial charge on any atom is -0.319 e. The van der Waals surface area contributed by atoms with Crippen molar-refractivity contribution in [3.8, 4) is 5.69 Å². The first-order valence-corrected chi connectivity index (χ1v) is 7.13. The molecule has 21 heavy (non-hydrogen) atoms. The third-order valence-electron chi connectivity index (χ3n) is 3.21. The van der Waals surface area contributed by atoms with E-state index in [1.54, 1.807) is 23.0 Å². The average molecular weight is 347 g/mol. The lowest BCUT2D eigenvalue weighted by Crippen LogP contribution is -2.17. The van der Waals surface area contributed by atoms with Gasteiger partial charge in [0.15, 0.2) is 0 Å². The molecule has 2 N–H and O–H groups in total. The highest BCUT2D eigenvalue weighted by atomic mass is 79.9. The van der Waals surface area contributed by atoms with Crippen LogP contribution in [-0.4, -0.2) is 15.0 Å². The second-order valence-corrected chi connectivity index (χ2v) is 5.32. The highest BCUT2D eigenvalue weighted by Gasteiger charge is 2.19. The van der Waals surface area contributed by atoms with Crippen LogP contribution in [-0.2, 0) is 0 Å². The molecule has 0 amide bonds. The van der Waals surface area contributed by atoms with Crippen molar-refractivity contribution in [2.45, 2.75) is 6.04 Å². The van der Waals surface area contributed by atoms with Gasteiger partial charge in [-0.2, -0.15) is 0 Å². The van der Waals surface area contributed by atoms with Gasteiger partial charge in [0, 0.05) is 0 Å². The third-order valence-corrected chi connectivity index (χ3v) is 4.05. The van der Waals surface area contributed by atoms with Gasteiger partial charge in [0.05, 0.1) is 28.1 Å². The summed E-state index contributed by atoms with van der Waals surface area (Å²) in [5.41, 5.74) is 8.46. The minimum atomic E-state index is -0.537. The van der Waals surface area contributed by atoms with E-state index >= 15 is 0 Å². The van der Waals surface area contributed by atoms with E-state index in [2.05, 4.69) is 26.2 Å². The van der Waals surface area contributed by atoms with Gasteiger partial charge >= 0.3 is 0 Å². The Bertz CT molecular complexity index is 757. The molecule has 0 fully saturated rings. The number of para-hydroxylation sites is 1. The lowest BCUT2D eigenvalue weighted by molar-refractivity contribution is 0.614. The fourth-order valence-electron chi connectivity index (χ4n) is 2.14. The van der Waals surface area contributed by atoms with Crippen molar-refractivity contribution in [3.05, 3.63) is 76.3 Å². The maximum absolute atomic E-state index is 13.7. The van der Waals surface area contributed by atoms with Crippen LogP contribution in [0.1, 0.15) is 17.3 Å². The number of benzene rings is 2. The molecular formula is C15H12BrFN4. The highest BCUT2D eigenvalue weighted by Crippen LogP contribution is 2.29. The van der Waals surface area contributed by atoms with Crippen LogP contribution in [0.25, 0.3) is 5.69 Å². The largest absolute Gasteiger partial charge is 0.319 e. The van der Waals surface area contributed by atoms with Gasteiger partial charge in [0.25, 0.3) is 0 Å². The molecular weight excluding hydrogens is 335 g/mol. The van der Waals surface area contributed by atoms with Crippen molar-refractivity contribution in [2.24, 2.45) is 5.73 Å². The Morgan fingerprint density at radius 1 is 1.10 bits per heavy atom. The number of hydrogen-bond acceptors (Lipinski definition) is 3. The van der Waals surface area contributed by atoms with Crippen LogP contribution in [0.15, 0.2) is 59.2 Å². The summed E-state index contributed by atoms with van der Waals surface area (Å²) in [6, 6.07) is 13.8. The molecule has 1 heterocycles. The maximum atomic E-state index is 13.7. The predicted molar refractivity (Wildman–Crippen MR) is 81.5 cm³/mol. The molecule has 1 unspecified atom stereocenters. The summed E-state index contributed by atoms with van der Waals surface area (Å²) in [4.78, 5) is 0. The van der Waals surface area contributed by atoms with E-state index in [-0.39, 0.29) is 5.82 Å². The molecule has 0 saturated heterocycles. The van der Waals surface area contributed by atoms with Crippen molar-refractivity contribution >= 4 is 15.9 Å². The molecule has 1 aromatic heterocycles. The van der Waals surface area contributed by atoms with Crippen LogP contribution in [0.5, 0.6) is 0 Å². The zero-order chi connectivity index (χ0) is 14.8. The van der Waals surface area contributed by atoms with E-state index in [0.29, 0.717) is 15.7 Å². The Labute approximate surface area is 129 Å². The van der Waals surface area contributed by atoms with E-state index in [4.69, 9.17) is 5.73 Å². The second kappa shape index (κ2) is 5.75. The Morgan fingerprint density at radius 3 is 2.62 bits per heavy atom. The summed E-state index contributed by atoms with van der Waals surface area (Å²) in [6.07, 6.45) is 1.59. The summed E-state index contributed by atoms with van der Waals surface area (Å²) in [6.45, 7) is 0. The predicted octanol–water partition coefficient (Wildman–Crippen LogP) is 3.22. The summed E-state index contributed by atoms with van der Waals surface area (Å²) >= 11 is 3.24. The molecule has 3 rings (SSSR count). The van der Waals surface area contributed by atoms with Gasteiger partial charge in [0.1, 0.15) is 5.82 Å².